The number of benzene rings is 2. The predicted octanol–water partition coefficient (Wildman–Crippen LogP) is 2.62. The van der Waals surface area contributed by atoms with E-state index in [4.69, 9.17) is 15.2 Å². The van der Waals surface area contributed by atoms with Crippen LogP contribution in [0.25, 0.3) is 0 Å². The average Bonchev–Trinajstić information content (AvgIpc) is 2.90. The highest BCUT2D eigenvalue weighted by molar-refractivity contribution is 6.21. The molecule has 0 aromatic heterocycles. The minimum Gasteiger partial charge on any atom is -0.493 e. The summed E-state index contributed by atoms with van der Waals surface area (Å²) in [6, 6.07) is 9.29. The number of rotatable bonds is 7. The Balaban J connectivity index is 2.07. The number of amides is 3. The molecule has 2 N–H and O–H groups in total. The first-order valence-electron chi connectivity index (χ1n) is 8.95. The van der Waals surface area contributed by atoms with Crippen LogP contribution >= 0.6 is 0 Å². The van der Waals surface area contributed by atoms with Gasteiger partial charge in [-0.2, -0.15) is 0 Å². The Labute approximate surface area is 163 Å². The molecule has 0 fully saturated rings. The molecule has 1 aliphatic heterocycles. The van der Waals surface area contributed by atoms with Crippen LogP contribution in [0.4, 0.5) is 0 Å². The molecule has 0 aliphatic carbocycles. The molecule has 2 aromatic rings. The number of nitrogens with two attached hydrogens (primary N) is 1. The molecule has 0 bridgehead atoms. The van der Waals surface area contributed by atoms with Gasteiger partial charge in [0.2, 0.25) is 5.91 Å². The molecule has 1 atom stereocenters. The van der Waals surface area contributed by atoms with Gasteiger partial charge < -0.3 is 15.2 Å². The van der Waals surface area contributed by atoms with Crippen LogP contribution in [0.5, 0.6) is 11.5 Å². The molecule has 3 amide bonds. The van der Waals surface area contributed by atoms with E-state index in [1.165, 1.54) is 7.11 Å². The molecule has 0 saturated heterocycles. The quantitative estimate of drug-likeness (QED) is 0.742. The van der Waals surface area contributed by atoms with Gasteiger partial charge >= 0.3 is 0 Å². The Kier molecular flexibility index (Phi) is 5.35. The molecule has 1 unspecified atom stereocenters. The lowest BCUT2D eigenvalue weighted by Gasteiger charge is -2.26. The third kappa shape index (κ3) is 3.43. The Morgan fingerprint density at radius 1 is 1.07 bits per heavy atom. The van der Waals surface area contributed by atoms with Crippen molar-refractivity contribution in [3.63, 3.8) is 0 Å². The molecule has 146 valence electrons. The third-order valence-electron chi connectivity index (χ3n) is 4.65. The number of imide groups is 1. The second-order valence-electron chi connectivity index (χ2n) is 6.56. The van der Waals surface area contributed by atoms with Gasteiger partial charge in [0.25, 0.3) is 11.8 Å². The molecule has 0 spiro atoms. The summed E-state index contributed by atoms with van der Waals surface area (Å²) in [5.74, 6) is -0.527. The van der Waals surface area contributed by atoms with Crippen molar-refractivity contribution in [2.75, 3.05) is 13.7 Å². The summed E-state index contributed by atoms with van der Waals surface area (Å²) in [5.41, 5.74) is 7.52. The first kappa shape index (κ1) is 19.4. The zero-order chi connectivity index (χ0) is 20.4. The summed E-state index contributed by atoms with van der Waals surface area (Å²) < 4.78 is 10.9. The van der Waals surface area contributed by atoms with E-state index in [2.05, 4.69) is 0 Å². The number of ether oxygens (including phenoxy) is 2. The molecule has 2 aromatic carbocycles. The van der Waals surface area contributed by atoms with E-state index in [0.717, 1.165) is 10.5 Å². The molecular formula is C21H22N2O5. The van der Waals surface area contributed by atoms with Crippen LogP contribution < -0.4 is 15.2 Å². The maximum atomic E-state index is 13.0. The number of primary amides is 1. The van der Waals surface area contributed by atoms with Crippen molar-refractivity contribution in [3.05, 3.63) is 58.7 Å². The van der Waals surface area contributed by atoms with E-state index in [1.54, 1.807) is 36.4 Å². The van der Waals surface area contributed by atoms with Crippen molar-refractivity contribution < 1.29 is 23.9 Å². The van der Waals surface area contributed by atoms with Gasteiger partial charge in [-0.15, -0.1) is 0 Å². The largest absolute Gasteiger partial charge is 0.493 e. The van der Waals surface area contributed by atoms with Gasteiger partial charge in [-0.05, 0) is 43.7 Å². The molecule has 1 heterocycles. The van der Waals surface area contributed by atoms with Crippen molar-refractivity contribution in [2.24, 2.45) is 5.73 Å². The molecule has 0 saturated carbocycles. The van der Waals surface area contributed by atoms with E-state index >= 15 is 0 Å². The highest BCUT2D eigenvalue weighted by atomic mass is 16.5. The second-order valence-corrected chi connectivity index (χ2v) is 6.56. The lowest BCUT2D eigenvalue weighted by molar-refractivity contribution is -0.118. The van der Waals surface area contributed by atoms with Crippen LogP contribution in [-0.2, 0) is 4.79 Å². The summed E-state index contributed by atoms with van der Waals surface area (Å²) in [6.07, 6.45) is -0.192. The lowest BCUT2D eigenvalue weighted by atomic mass is 10.0. The average molecular weight is 382 g/mol. The fourth-order valence-electron chi connectivity index (χ4n) is 3.37. The number of aryl methyl sites for hydroxylation is 1. The highest BCUT2D eigenvalue weighted by Gasteiger charge is 2.41. The maximum absolute atomic E-state index is 13.0. The van der Waals surface area contributed by atoms with Gasteiger partial charge in [0, 0.05) is 0 Å². The zero-order valence-electron chi connectivity index (χ0n) is 16.0. The van der Waals surface area contributed by atoms with Crippen LogP contribution in [0.1, 0.15) is 51.2 Å². The lowest BCUT2D eigenvalue weighted by Crippen LogP contribution is -2.36. The number of methoxy groups -OCH3 is 1. The Bertz CT molecular complexity index is 954. The van der Waals surface area contributed by atoms with Gasteiger partial charge in [0.05, 0.1) is 37.3 Å². The van der Waals surface area contributed by atoms with Crippen molar-refractivity contribution in [1.82, 2.24) is 4.90 Å². The Morgan fingerprint density at radius 2 is 1.79 bits per heavy atom. The molecule has 0 radical (unpaired) electrons. The van der Waals surface area contributed by atoms with Gasteiger partial charge in [0.15, 0.2) is 11.5 Å². The normalized spacial score (nSPS) is 14.0. The van der Waals surface area contributed by atoms with Crippen molar-refractivity contribution in [2.45, 2.75) is 26.3 Å². The van der Waals surface area contributed by atoms with Crippen LogP contribution in [0.15, 0.2) is 36.4 Å². The number of hydrogen-bond acceptors (Lipinski definition) is 5. The summed E-state index contributed by atoms with van der Waals surface area (Å²) in [6.45, 7) is 4.09. The fourth-order valence-corrected chi connectivity index (χ4v) is 3.37. The number of nitrogens with zero attached hydrogens (tertiary/aromatic N) is 1. The van der Waals surface area contributed by atoms with Crippen molar-refractivity contribution in [1.29, 1.82) is 0 Å². The number of carbonyl (C=O) groups is 3. The predicted molar refractivity (Wildman–Crippen MR) is 102 cm³/mol. The fraction of sp³-hybridized carbons (Fsp3) is 0.286. The number of hydrogen-bond donors (Lipinski definition) is 1. The van der Waals surface area contributed by atoms with E-state index in [0.29, 0.717) is 34.8 Å². The van der Waals surface area contributed by atoms with Crippen LogP contribution in [-0.4, -0.2) is 36.3 Å². The smallest absolute Gasteiger partial charge is 0.262 e. The van der Waals surface area contributed by atoms with Gasteiger partial charge in [-0.25, -0.2) is 0 Å². The standard InChI is InChI=1S/C21H22N2O5/c1-4-28-18-10-13(6-8-17(18)27-3)16(11-19(22)24)23-20(25)14-7-5-12(2)9-15(14)21(23)26/h5-10,16H,4,11H2,1-3H3,(H2,22,24). The first-order chi connectivity index (χ1) is 13.4. The summed E-state index contributed by atoms with van der Waals surface area (Å²) in [5, 5.41) is 0. The summed E-state index contributed by atoms with van der Waals surface area (Å²) in [7, 11) is 1.52. The monoisotopic (exact) mass is 382 g/mol. The van der Waals surface area contributed by atoms with E-state index in [-0.39, 0.29) is 6.42 Å². The van der Waals surface area contributed by atoms with Gasteiger partial charge in [-0.1, -0.05) is 17.7 Å². The topological polar surface area (TPSA) is 98.9 Å². The minimum atomic E-state index is -0.838. The molecule has 7 nitrogen and oxygen atoms in total. The summed E-state index contributed by atoms with van der Waals surface area (Å²) in [4.78, 5) is 38.8. The zero-order valence-corrected chi connectivity index (χ0v) is 16.0. The minimum absolute atomic E-state index is 0.192. The maximum Gasteiger partial charge on any atom is 0.262 e. The second kappa shape index (κ2) is 7.72. The number of carbonyl (C=O) groups excluding carboxylic acids is 3. The van der Waals surface area contributed by atoms with E-state index in [9.17, 15) is 14.4 Å². The molecule has 28 heavy (non-hydrogen) atoms. The van der Waals surface area contributed by atoms with Crippen LogP contribution in [0.2, 0.25) is 0 Å². The Hall–Kier alpha value is -3.35. The van der Waals surface area contributed by atoms with Crippen molar-refractivity contribution >= 4 is 17.7 Å². The molecule has 7 heteroatoms. The molecular weight excluding hydrogens is 360 g/mol. The van der Waals surface area contributed by atoms with E-state index in [1.807, 2.05) is 13.8 Å². The van der Waals surface area contributed by atoms with E-state index < -0.39 is 23.8 Å². The van der Waals surface area contributed by atoms with Crippen LogP contribution in [0, 0.1) is 6.92 Å². The number of fused-ring (bicyclic) bond motifs is 1. The van der Waals surface area contributed by atoms with Crippen molar-refractivity contribution in [3.8, 4) is 11.5 Å². The highest BCUT2D eigenvalue weighted by Crippen LogP contribution is 2.37. The SMILES string of the molecule is CCOc1cc(C(CC(N)=O)N2C(=O)c3ccc(C)cc3C2=O)ccc1OC. The molecule has 1 aliphatic rings. The van der Waals surface area contributed by atoms with Crippen LogP contribution in [0.3, 0.4) is 0 Å². The Morgan fingerprint density at radius 3 is 2.43 bits per heavy atom. The van der Waals surface area contributed by atoms with Gasteiger partial charge in [0.1, 0.15) is 0 Å². The first-order valence-corrected chi connectivity index (χ1v) is 8.95. The third-order valence-corrected chi connectivity index (χ3v) is 4.65. The van der Waals surface area contributed by atoms with Gasteiger partial charge in [-0.3, -0.25) is 19.3 Å². The molecule has 3 rings (SSSR count). The summed E-state index contributed by atoms with van der Waals surface area (Å²) >= 11 is 0.